The number of hydrogen-bond acceptors (Lipinski definition) is 3. The first-order valence-corrected chi connectivity index (χ1v) is 12.5. The van der Waals surface area contributed by atoms with E-state index in [1.807, 2.05) is 6.07 Å². The number of carboxylic acids is 1. The van der Waals surface area contributed by atoms with Gasteiger partial charge in [0.2, 0.25) is 0 Å². The fourth-order valence-corrected chi connectivity index (χ4v) is 5.11. The average molecular weight is 538 g/mol. The quantitative estimate of drug-likeness (QED) is 0.315. The molecule has 4 aromatic rings. The number of nitrogens with zero attached hydrogens (tertiary/aromatic N) is 3. The lowest BCUT2D eigenvalue weighted by atomic mass is 9.98. The molecule has 188 valence electrons. The number of halogens is 3. The van der Waals surface area contributed by atoms with E-state index in [0.717, 1.165) is 5.56 Å². The highest BCUT2D eigenvalue weighted by Gasteiger charge is 2.33. The minimum Gasteiger partial charge on any atom is -0.481 e. The fraction of sp³-hybridized carbons (Fsp3) is 0.179. The zero-order chi connectivity index (χ0) is 26.1. The summed E-state index contributed by atoms with van der Waals surface area (Å²) >= 11 is 12.6. The number of aromatic nitrogens is 2. The van der Waals surface area contributed by atoms with Crippen molar-refractivity contribution in [3.05, 3.63) is 105 Å². The van der Waals surface area contributed by atoms with Crippen LogP contribution in [0.1, 0.15) is 34.0 Å². The van der Waals surface area contributed by atoms with Crippen molar-refractivity contribution in [2.24, 2.45) is 0 Å². The molecule has 1 fully saturated rings. The molecule has 6 nitrogen and oxygen atoms in total. The van der Waals surface area contributed by atoms with Crippen LogP contribution in [0.3, 0.4) is 0 Å². The van der Waals surface area contributed by atoms with Gasteiger partial charge in [0.15, 0.2) is 5.69 Å². The Bertz CT molecular complexity index is 1490. The Morgan fingerprint density at radius 2 is 1.78 bits per heavy atom. The molecular formula is C28H22Cl2FN3O3. The van der Waals surface area contributed by atoms with Crippen molar-refractivity contribution in [1.82, 2.24) is 14.7 Å². The van der Waals surface area contributed by atoms with Crippen LogP contribution in [0.2, 0.25) is 10.0 Å². The van der Waals surface area contributed by atoms with Crippen LogP contribution in [-0.4, -0.2) is 44.8 Å². The molecule has 1 atom stereocenters. The summed E-state index contributed by atoms with van der Waals surface area (Å²) in [5.41, 5.74) is 2.77. The molecule has 1 aliphatic rings. The number of aliphatic carboxylic acids is 1. The molecule has 0 aliphatic carbocycles. The summed E-state index contributed by atoms with van der Waals surface area (Å²) < 4.78 is 15.3. The van der Waals surface area contributed by atoms with E-state index in [1.54, 1.807) is 59.5 Å². The van der Waals surface area contributed by atoms with Gasteiger partial charge < -0.3 is 10.0 Å². The van der Waals surface area contributed by atoms with E-state index in [9.17, 15) is 19.1 Å². The maximum absolute atomic E-state index is 13.8. The van der Waals surface area contributed by atoms with Crippen molar-refractivity contribution in [2.75, 3.05) is 13.1 Å². The van der Waals surface area contributed by atoms with Crippen molar-refractivity contribution in [1.29, 1.82) is 0 Å². The predicted octanol–water partition coefficient (Wildman–Crippen LogP) is 6.24. The van der Waals surface area contributed by atoms with Crippen molar-refractivity contribution >= 4 is 35.1 Å². The van der Waals surface area contributed by atoms with Gasteiger partial charge in [-0.15, -0.1) is 0 Å². The summed E-state index contributed by atoms with van der Waals surface area (Å²) in [5, 5.41) is 15.3. The molecule has 9 heteroatoms. The fourth-order valence-electron chi connectivity index (χ4n) is 4.77. The van der Waals surface area contributed by atoms with E-state index >= 15 is 0 Å². The molecule has 1 unspecified atom stereocenters. The second-order valence-corrected chi connectivity index (χ2v) is 9.75. The van der Waals surface area contributed by atoms with Crippen LogP contribution in [0.25, 0.3) is 16.9 Å². The largest absolute Gasteiger partial charge is 0.481 e. The van der Waals surface area contributed by atoms with Crippen LogP contribution in [0, 0.1) is 5.82 Å². The lowest BCUT2D eigenvalue weighted by Crippen LogP contribution is -2.30. The topological polar surface area (TPSA) is 75.4 Å². The summed E-state index contributed by atoms with van der Waals surface area (Å²) in [5.74, 6) is -1.82. The molecule has 1 amide bonds. The Kier molecular flexibility index (Phi) is 7.00. The van der Waals surface area contributed by atoms with Crippen LogP contribution in [0.5, 0.6) is 0 Å². The average Bonchev–Trinajstić information content (AvgIpc) is 3.50. The number of benzene rings is 3. The highest BCUT2D eigenvalue weighted by molar-refractivity contribution is 6.32. The van der Waals surface area contributed by atoms with E-state index in [2.05, 4.69) is 5.10 Å². The molecule has 2 heterocycles. The number of rotatable bonds is 6. The monoisotopic (exact) mass is 537 g/mol. The molecule has 0 saturated carbocycles. The van der Waals surface area contributed by atoms with Crippen molar-refractivity contribution in [3.63, 3.8) is 0 Å². The molecule has 1 aromatic heterocycles. The second-order valence-electron chi connectivity index (χ2n) is 8.91. The molecule has 1 aliphatic heterocycles. The maximum Gasteiger partial charge on any atom is 0.307 e. The molecule has 5 rings (SSSR count). The Morgan fingerprint density at radius 3 is 2.49 bits per heavy atom. The minimum atomic E-state index is -1.10. The Balaban J connectivity index is 1.61. The van der Waals surface area contributed by atoms with Crippen LogP contribution in [-0.2, 0) is 11.2 Å². The molecular weight excluding hydrogens is 516 g/mol. The second kappa shape index (κ2) is 10.4. The van der Waals surface area contributed by atoms with E-state index in [1.165, 1.54) is 16.8 Å². The van der Waals surface area contributed by atoms with Gasteiger partial charge in [0, 0.05) is 35.2 Å². The highest BCUT2D eigenvalue weighted by atomic mass is 35.5. The third-order valence-electron chi connectivity index (χ3n) is 6.51. The summed E-state index contributed by atoms with van der Waals surface area (Å²) in [6.45, 7) is 0.825. The Hall–Kier alpha value is -3.68. The highest BCUT2D eigenvalue weighted by Crippen LogP contribution is 2.35. The smallest absolute Gasteiger partial charge is 0.307 e. The summed E-state index contributed by atoms with van der Waals surface area (Å²) in [6.07, 6.45) is 0.253. The van der Waals surface area contributed by atoms with Crippen LogP contribution in [0.4, 0.5) is 4.39 Å². The van der Waals surface area contributed by atoms with Gasteiger partial charge in [-0.3, -0.25) is 9.59 Å². The predicted molar refractivity (Wildman–Crippen MR) is 140 cm³/mol. The Morgan fingerprint density at radius 1 is 1.03 bits per heavy atom. The summed E-state index contributed by atoms with van der Waals surface area (Å²) in [7, 11) is 0. The van der Waals surface area contributed by atoms with Gasteiger partial charge >= 0.3 is 5.97 Å². The van der Waals surface area contributed by atoms with Crippen molar-refractivity contribution < 1.29 is 19.1 Å². The molecule has 0 bridgehead atoms. The van der Waals surface area contributed by atoms with Crippen molar-refractivity contribution in [3.8, 4) is 16.9 Å². The molecule has 37 heavy (non-hydrogen) atoms. The van der Waals surface area contributed by atoms with Gasteiger partial charge in [0.05, 0.1) is 22.8 Å². The first kappa shape index (κ1) is 25.0. The zero-order valence-corrected chi connectivity index (χ0v) is 21.1. The first-order valence-electron chi connectivity index (χ1n) is 11.7. The van der Waals surface area contributed by atoms with Gasteiger partial charge in [-0.1, -0.05) is 59.6 Å². The number of carbonyl (C=O) groups is 2. The lowest BCUT2D eigenvalue weighted by Gasteiger charge is -2.16. The van der Waals surface area contributed by atoms with E-state index in [4.69, 9.17) is 23.2 Å². The SMILES string of the molecule is O=C(O)Cc1c(C(=O)N2CCC(c3cccc(F)c3)C2)nn(-c2ccccc2Cl)c1-c1ccc(Cl)cc1. The molecule has 0 spiro atoms. The van der Waals surface area contributed by atoms with Gasteiger partial charge in [-0.2, -0.15) is 5.10 Å². The summed E-state index contributed by atoms with van der Waals surface area (Å²) in [4.78, 5) is 27.4. The maximum atomic E-state index is 13.8. The van der Waals surface area contributed by atoms with Crippen LogP contribution in [0.15, 0.2) is 72.8 Å². The van der Waals surface area contributed by atoms with Crippen LogP contribution < -0.4 is 0 Å². The third-order valence-corrected chi connectivity index (χ3v) is 7.08. The number of para-hydroxylation sites is 1. The van der Waals surface area contributed by atoms with E-state index < -0.39 is 12.4 Å². The van der Waals surface area contributed by atoms with Gasteiger partial charge in [-0.05, 0) is 48.4 Å². The van der Waals surface area contributed by atoms with E-state index in [0.29, 0.717) is 46.5 Å². The molecule has 1 saturated heterocycles. The van der Waals surface area contributed by atoms with Gasteiger partial charge in [-0.25, -0.2) is 9.07 Å². The minimum absolute atomic E-state index is 0.0241. The zero-order valence-electron chi connectivity index (χ0n) is 19.6. The Labute approximate surface area is 222 Å². The van der Waals surface area contributed by atoms with Gasteiger partial charge in [0.1, 0.15) is 5.82 Å². The standard InChI is InChI=1S/C28H22Cl2FN3O3/c29-20-10-8-17(9-11-20)27-22(15-25(35)36)26(32-34(27)24-7-2-1-6-23(24)30)28(37)33-13-12-19(16-33)18-4-3-5-21(31)14-18/h1-11,14,19H,12-13,15-16H2,(H,35,36). The first-order chi connectivity index (χ1) is 17.8. The van der Waals surface area contributed by atoms with Crippen molar-refractivity contribution in [2.45, 2.75) is 18.8 Å². The number of carboxylic acid groups (broad SMARTS) is 1. The molecule has 1 N–H and O–H groups in total. The lowest BCUT2D eigenvalue weighted by molar-refractivity contribution is -0.136. The number of hydrogen-bond donors (Lipinski definition) is 1. The van der Waals surface area contributed by atoms with Crippen LogP contribution >= 0.6 is 23.2 Å². The molecule has 3 aromatic carbocycles. The third kappa shape index (κ3) is 5.10. The molecule has 0 radical (unpaired) electrons. The summed E-state index contributed by atoms with van der Waals surface area (Å²) in [6, 6.07) is 20.3. The number of carbonyl (C=O) groups excluding carboxylic acids is 1. The normalized spacial score (nSPS) is 15.2. The van der Waals surface area contributed by atoms with E-state index in [-0.39, 0.29) is 28.9 Å². The van der Waals surface area contributed by atoms with Gasteiger partial charge in [0.25, 0.3) is 5.91 Å². The number of likely N-dealkylation sites (tertiary alicyclic amines) is 1. The number of amides is 1.